The van der Waals surface area contributed by atoms with E-state index in [0.29, 0.717) is 0 Å². The highest BCUT2D eigenvalue weighted by atomic mass is 16.6. The number of carbonyl (C=O) groups excluding carboxylic acids is 1. The monoisotopic (exact) mass is 225 g/mol. The summed E-state index contributed by atoms with van der Waals surface area (Å²) in [5.74, 6) is -0.0114. The van der Waals surface area contributed by atoms with Gasteiger partial charge in [0.2, 0.25) is 5.82 Å². The normalized spacial score (nSPS) is 9.38. The lowest BCUT2D eigenvalue weighted by Crippen LogP contribution is -2.38. The van der Waals surface area contributed by atoms with Gasteiger partial charge in [-0.05, 0) is 6.07 Å². The molecule has 0 bridgehead atoms. The predicted octanol–water partition coefficient (Wildman–Crippen LogP) is 0.588. The van der Waals surface area contributed by atoms with Crippen LogP contribution in [0.1, 0.15) is 0 Å². The van der Waals surface area contributed by atoms with E-state index >= 15 is 0 Å². The van der Waals surface area contributed by atoms with E-state index in [9.17, 15) is 14.9 Å². The van der Waals surface area contributed by atoms with Gasteiger partial charge in [-0.15, -0.1) is 0 Å². The van der Waals surface area contributed by atoms with Gasteiger partial charge in [-0.1, -0.05) is 0 Å². The van der Waals surface area contributed by atoms with E-state index in [4.69, 9.17) is 0 Å². The molecule has 86 valence electrons. The van der Waals surface area contributed by atoms with Crippen LogP contribution in [0.3, 0.4) is 0 Å². The molecule has 0 aromatic carbocycles. The maximum atomic E-state index is 11.2. The molecule has 0 radical (unpaired) electrons. The molecule has 0 aliphatic heterocycles. The van der Waals surface area contributed by atoms with Crippen LogP contribution in [0.25, 0.3) is 0 Å². The summed E-state index contributed by atoms with van der Waals surface area (Å²) in [5.41, 5.74) is 4.44. The highest BCUT2D eigenvalue weighted by Gasteiger charge is 2.14. The number of aromatic nitrogens is 1. The second-order valence-corrected chi connectivity index (χ2v) is 3.08. The maximum absolute atomic E-state index is 11.2. The van der Waals surface area contributed by atoms with Crippen molar-refractivity contribution < 1.29 is 9.72 Å². The number of nitro groups is 1. The SMILES string of the molecule is CN(C)C(=O)NNc1ncccc1[N+](=O)[O-]. The second-order valence-electron chi connectivity index (χ2n) is 3.08. The van der Waals surface area contributed by atoms with E-state index in [1.165, 1.54) is 23.2 Å². The van der Waals surface area contributed by atoms with E-state index in [1.807, 2.05) is 0 Å². The average Bonchev–Trinajstić information content (AvgIpc) is 2.25. The number of carbonyl (C=O) groups is 1. The molecule has 1 aromatic heterocycles. The number of nitrogens with zero attached hydrogens (tertiary/aromatic N) is 3. The number of hydrogen-bond donors (Lipinski definition) is 2. The van der Waals surface area contributed by atoms with Crippen molar-refractivity contribution >= 4 is 17.5 Å². The minimum atomic E-state index is -0.586. The summed E-state index contributed by atoms with van der Waals surface area (Å²) in [6, 6.07) is 2.30. The Bertz CT molecular complexity index is 406. The standard InChI is InChI=1S/C8H11N5O3/c1-12(2)8(14)11-10-7-6(13(15)16)4-3-5-9-7/h3-5H,1-2H3,(H,9,10)(H,11,14). The highest BCUT2D eigenvalue weighted by Crippen LogP contribution is 2.18. The van der Waals surface area contributed by atoms with Crippen LogP contribution in [0, 0.1) is 10.1 Å². The summed E-state index contributed by atoms with van der Waals surface area (Å²) < 4.78 is 0. The van der Waals surface area contributed by atoms with Crippen molar-refractivity contribution in [2.45, 2.75) is 0 Å². The Balaban J connectivity index is 2.74. The smallest absolute Gasteiger partial charge is 0.330 e. The average molecular weight is 225 g/mol. The lowest BCUT2D eigenvalue weighted by atomic mass is 10.4. The summed E-state index contributed by atoms with van der Waals surface area (Å²) in [4.78, 5) is 26.2. The van der Waals surface area contributed by atoms with Gasteiger partial charge < -0.3 is 4.90 Å². The van der Waals surface area contributed by atoms with Crippen molar-refractivity contribution in [1.29, 1.82) is 0 Å². The van der Waals surface area contributed by atoms with Gasteiger partial charge in [0, 0.05) is 26.4 Å². The van der Waals surface area contributed by atoms with E-state index in [0.717, 1.165) is 0 Å². The minimum Gasteiger partial charge on any atom is -0.330 e. The number of nitrogens with one attached hydrogen (secondary N) is 2. The van der Waals surface area contributed by atoms with Crippen LogP contribution in [0.5, 0.6) is 0 Å². The number of hydrazine groups is 1. The maximum Gasteiger partial charge on any atom is 0.335 e. The first-order valence-corrected chi connectivity index (χ1v) is 4.35. The molecule has 0 saturated carbocycles. The molecule has 2 N–H and O–H groups in total. The van der Waals surface area contributed by atoms with Crippen molar-refractivity contribution in [1.82, 2.24) is 15.3 Å². The lowest BCUT2D eigenvalue weighted by Gasteiger charge is -2.12. The topological polar surface area (TPSA) is 100 Å². The molecule has 8 nitrogen and oxygen atoms in total. The number of amides is 2. The molecule has 1 rings (SSSR count). The quantitative estimate of drug-likeness (QED) is 0.579. The third kappa shape index (κ3) is 2.80. The third-order valence-corrected chi connectivity index (χ3v) is 1.68. The molecule has 16 heavy (non-hydrogen) atoms. The van der Waals surface area contributed by atoms with Crippen LogP contribution in [-0.4, -0.2) is 34.9 Å². The van der Waals surface area contributed by atoms with Crippen molar-refractivity contribution in [2.75, 3.05) is 19.5 Å². The van der Waals surface area contributed by atoms with Gasteiger partial charge in [0.05, 0.1) is 4.92 Å². The summed E-state index contributed by atoms with van der Waals surface area (Å²) in [6.45, 7) is 0. The van der Waals surface area contributed by atoms with Gasteiger partial charge in [-0.2, -0.15) is 0 Å². The highest BCUT2D eigenvalue weighted by molar-refractivity contribution is 5.75. The largest absolute Gasteiger partial charge is 0.335 e. The molecule has 0 saturated heterocycles. The van der Waals surface area contributed by atoms with Crippen LogP contribution in [0.4, 0.5) is 16.3 Å². The first-order chi connectivity index (χ1) is 7.52. The molecule has 0 fully saturated rings. The molecule has 1 heterocycles. The first-order valence-electron chi connectivity index (χ1n) is 4.35. The van der Waals surface area contributed by atoms with Crippen LogP contribution < -0.4 is 10.9 Å². The Kier molecular flexibility index (Phi) is 3.59. The summed E-state index contributed by atoms with van der Waals surface area (Å²) >= 11 is 0. The fourth-order valence-electron chi connectivity index (χ4n) is 0.865. The van der Waals surface area contributed by atoms with Gasteiger partial charge in [-0.25, -0.2) is 15.2 Å². The van der Waals surface area contributed by atoms with Gasteiger partial charge >= 0.3 is 11.7 Å². The summed E-state index contributed by atoms with van der Waals surface area (Å²) in [7, 11) is 3.09. The first kappa shape index (κ1) is 11.7. The van der Waals surface area contributed by atoms with Crippen LogP contribution >= 0.6 is 0 Å². The molecule has 0 atom stereocenters. The van der Waals surface area contributed by atoms with Crippen molar-refractivity contribution in [3.05, 3.63) is 28.4 Å². The number of hydrogen-bond acceptors (Lipinski definition) is 5. The van der Waals surface area contributed by atoms with E-state index in [1.54, 1.807) is 14.1 Å². The van der Waals surface area contributed by atoms with Crippen molar-refractivity contribution in [3.8, 4) is 0 Å². The third-order valence-electron chi connectivity index (χ3n) is 1.68. The number of rotatable bonds is 3. The summed E-state index contributed by atoms with van der Waals surface area (Å²) in [6.07, 6.45) is 1.39. The van der Waals surface area contributed by atoms with Crippen LogP contribution in [0.2, 0.25) is 0 Å². The zero-order valence-electron chi connectivity index (χ0n) is 8.80. The van der Waals surface area contributed by atoms with E-state index < -0.39 is 11.0 Å². The van der Waals surface area contributed by atoms with Crippen molar-refractivity contribution in [2.24, 2.45) is 0 Å². The minimum absolute atomic E-state index is 0.0114. The second kappa shape index (κ2) is 4.91. The fraction of sp³-hybridized carbons (Fsp3) is 0.250. The molecule has 0 aliphatic rings. The molecular weight excluding hydrogens is 214 g/mol. The number of urea groups is 1. The Morgan fingerprint density at radius 2 is 2.25 bits per heavy atom. The molecule has 0 aliphatic carbocycles. The predicted molar refractivity (Wildman–Crippen MR) is 56.7 cm³/mol. The Hall–Kier alpha value is -2.38. The zero-order chi connectivity index (χ0) is 12.1. The molecule has 0 unspecified atom stereocenters. The van der Waals surface area contributed by atoms with Gasteiger partial charge in [0.1, 0.15) is 0 Å². The Labute approximate surface area is 91.4 Å². The fourth-order valence-corrected chi connectivity index (χ4v) is 0.865. The van der Waals surface area contributed by atoms with Gasteiger partial charge in [0.25, 0.3) is 0 Å². The molecule has 8 heteroatoms. The Morgan fingerprint density at radius 1 is 1.56 bits per heavy atom. The van der Waals surface area contributed by atoms with E-state index in [-0.39, 0.29) is 11.5 Å². The molecule has 2 amide bonds. The Morgan fingerprint density at radius 3 is 2.81 bits per heavy atom. The van der Waals surface area contributed by atoms with Crippen molar-refractivity contribution in [3.63, 3.8) is 0 Å². The number of anilines is 1. The van der Waals surface area contributed by atoms with Gasteiger partial charge in [-0.3, -0.25) is 15.5 Å². The van der Waals surface area contributed by atoms with E-state index in [2.05, 4.69) is 15.8 Å². The summed E-state index contributed by atoms with van der Waals surface area (Å²) in [5, 5.41) is 10.6. The number of pyridine rings is 1. The van der Waals surface area contributed by atoms with Gasteiger partial charge in [0.15, 0.2) is 0 Å². The molecule has 1 aromatic rings. The van der Waals surface area contributed by atoms with Crippen LogP contribution in [-0.2, 0) is 0 Å². The zero-order valence-corrected chi connectivity index (χ0v) is 8.80. The molecule has 0 spiro atoms. The lowest BCUT2D eigenvalue weighted by molar-refractivity contribution is -0.384. The molecular formula is C8H11N5O3. The van der Waals surface area contributed by atoms with Crippen LogP contribution in [0.15, 0.2) is 18.3 Å².